The average molecular weight is 465 g/mol. The van der Waals surface area contributed by atoms with Crippen molar-refractivity contribution in [2.75, 3.05) is 0 Å². The van der Waals surface area contributed by atoms with Gasteiger partial charge in [0.15, 0.2) is 0 Å². The lowest BCUT2D eigenvalue weighted by Gasteiger charge is -2.26. The highest BCUT2D eigenvalue weighted by atomic mass is 16.5. The zero-order chi connectivity index (χ0) is 25.0. The first kappa shape index (κ1) is 24.6. The van der Waals surface area contributed by atoms with Gasteiger partial charge in [-0.2, -0.15) is 0 Å². The maximum Gasteiger partial charge on any atom is 0.127 e. The van der Waals surface area contributed by atoms with Crippen LogP contribution in [0.25, 0.3) is 0 Å². The normalized spacial score (nSPS) is 11.4. The number of hydrogen-bond acceptors (Lipinski definition) is 2. The van der Waals surface area contributed by atoms with E-state index in [-0.39, 0.29) is 5.41 Å². The smallest absolute Gasteiger partial charge is 0.127 e. The minimum absolute atomic E-state index is 0.143. The molecule has 0 aliphatic carbocycles. The number of hydrogen-bond donors (Lipinski definition) is 0. The second-order valence-electron chi connectivity index (χ2n) is 9.96. The molecule has 4 aromatic rings. The molecule has 0 N–H and O–H groups in total. The summed E-state index contributed by atoms with van der Waals surface area (Å²) >= 11 is 0. The summed E-state index contributed by atoms with van der Waals surface area (Å²) in [6, 6.07) is 29.4. The van der Waals surface area contributed by atoms with E-state index >= 15 is 0 Å². The Kier molecular flexibility index (Phi) is 7.31. The molecule has 2 heteroatoms. The maximum atomic E-state index is 6.17. The van der Waals surface area contributed by atoms with Gasteiger partial charge < -0.3 is 9.47 Å². The number of ether oxygens (including phenoxy) is 2. The van der Waals surface area contributed by atoms with Crippen LogP contribution in [-0.4, -0.2) is 0 Å². The highest BCUT2D eigenvalue weighted by Crippen LogP contribution is 2.35. The summed E-state index contributed by atoms with van der Waals surface area (Å²) < 4.78 is 12.2. The first-order valence-electron chi connectivity index (χ1n) is 12.5. The van der Waals surface area contributed by atoms with Crippen molar-refractivity contribution in [1.82, 2.24) is 0 Å². The van der Waals surface area contributed by atoms with Gasteiger partial charge in [-0.25, -0.2) is 0 Å². The topological polar surface area (TPSA) is 18.5 Å². The fraction of sp³-hybridized carbons (Fsp3) is 0.273. The van der Waals surface area contributed by atoms with Gasteiger partial charge in [-0.1, -0.05) is 63.6 Å². The van der Waals surface area contributed by atoms with Crippen LogP contribution >= 0.6 is 0 Å². The van der Waals surface area contributed by atoms with Gasteiger partial charge in [0, 0.05) is 5.41 Å². The van der Waals surface area contributed by atoms with E-state index in [1.807, 2.05) is 12.1 Å². The molecule has 0 saturated heterocycles. The van der Waals surface area contributed by atoms with Crippen molar-refractivity contribution in [1.29, 1.82) is 0 Å². The molecule has 35 heavy (non-hydrogen) atoms. The fourth-order valence-electron chi connectivity index (χ4n) is 4.35. The molecule has 0 unspecified atom stereocenters. The Morgan fingerprint density at radius 1 is 0.543 bits per heavy atom. The Balaban J connectivity index is 1.46. The van der Waals surface area contributed by atoms with Crippen LogP contribution in [0.2, 0.25) is 0 Å². The summed E-state index contributed by atoms with van der Waals surface area (Å²) in [5, 5.41) is 0. The molecule has 0 aliphatic heterocycles. The van der Waals surface area contributed by atoms with Crippen LogP contribution in [0.3, 0.4) is 0 Å². The van der Waals surface area contributed by atoms with Crippen molar-refractivity contribution in [2.24, 2.45) is 0 Å². The van der Waals surface area contributed by atoms with Crippen LogP contribution < -0.4 is 9.47 Å². The van der Waals surface area contributed by atoms with Gasteiger partial charge in [0.25, 0.3) is 0 Å². The molecular formula is C33H36O2. The van der Waals surface area contributed by atoms with E-state index in [9.17, 15) is 0 Å². The Hall–Kier alpha value is -3.52. The third kappa shape index (κ3) is 5.77. The average Bonchev–Trinajstić information content (AvgIpc) is 2.84. The molecule has 4 aromatic carbocycles. The SMILES string of the molecule is CCCc1cc(Oc2ccc(C(C)(C)c3ccc(Oc4ccc(C)c(C)c4)cc3)cc2)ccc1C. The predicted molar refractivity (Wildman–Crippen MR) is 146 cm³/mol. The molecule has 0 atom stereocenters. The van der Waals surface area contributed by atoms with Crippen LogP contribution in [0.1, 0.15) is 60.6 Å². The van der Waals surface area contributed by atoms with E-state index in [4.69, 9.17) is 9.47 Å². The summed E-state index contributed by atoms with van der Waals surface area (Å²) in [7, 11) is 0. The largest absolute Gasteiger partial charge is 0.457 e. The predicted octanol–water partition coefficient (Wildman–Crippen LogP) is 9.47. The highest BCUT2D eigenvalue weighted by molar-refractivity contribution is 5.44. The van der Waals surface area contributed by atoms with Crippen molar-refractivity contribution >= 4 is 0 Å². The van der Waals surface area contributed by atoms with Gasteiger partial charge in [-0.3, -0.25) is 0 Å². The zero-order valence-corrected chi connectivity index (χ0v) is 21.8. The maximum absolute atomic E-state index is 6.17. The summed E-state index contributed by atoms with van der Waals surface area (Å²) in [6.07, 6.45) is 2.21. The second kappa shape index (κ2) is 10.4. The minimum Gasteiger partial charge on any atom is -0.457 e. The summed E-state index contributed by atoms with van der Waals surface area (Å²) in [6.45, 7) is 13.1. The first-order valence-corrected chi connectivity index (χ1v) is 12.5. The van der Waals surface area contributed by atoms with Gasteiger partial charge >= 0.3 is 0 Å². The minimum atomic E-state index is -0.143. The van der Waals surface area contributed by atoms with E-state index in [0.717, 1.165) is 35.8 Å². The van der Waals surface area contributed by atoms with Crippen molar-refractivity contribution < 1.29 is 9.47 Å². The van der Waals surface area contributed by atoms with Crippen LogP contribution in [0.15, 0.2) is 84.9 Å². The second-order valence-corrected chi connectivity index (χ2v) is 9.96. The number of rotatable bonds is 8. The molecule has 0 fully saturated rings. The van der Waals surface area contributed by atoms with Gasteiger partial charge in [0.1, 0.15) is 23.0 Å². The lowest BCUT2D eigenvalue weighted by atomic mass is 9.78. The van der Waals surface area contributed by atoms with Crippen molar-refractivity contribution in [3.63, 3.8) is 0 Å². The van der Waals surface area contributed by atoms with Crippen molar-refractivity contribution in [3.05, 3.63) is 118 Å². The van der Waals surface area contributed by atoms with Crippen LogP contribution in [-0.2, 0) is 11.8 Å². The van der Waals surface area contributed by atoms with E-state index in [2.05, 4.69) is 114 Å². The van der Waals surface area contributed by atoms with Gasteiger partial charge in [-0.15, -0.1) is 0 Å². The molecule has 0 aromatic heterocycles. The van der Waals surface area contributed by atoms with Gasteiger partial charge in [0.05, 0.1) is 0 Å². The summed E-state index contributed by atoms with van der Waals surface area (Å²) in [4.78, 5) is 0. The molecule has 0 radical (unpaired) electrons. The standard InChI is InChI=1S/C33H36O2/c1-7-8-26-22-32(16-10-24(26)3)35-30-19-13-28(14-20-30)33(5,6)27-11-17-29(18-12-27)34-31-15-9-23(2)25(4)21-31/h9-22H,7-8H2,1-6H3. The van der Waals surface area contributed by atoms with Crippen LogP contribution in [0.5, 0.6) is 23.0 Å². The number of benzene rings is 4. The fourth-order valence-corrected chi connectivity index (χ4v) is 4.35. The van der Waals surface area contributed by atoms with Crippen molar-refractivity contribution in [3.8, 4) is 23.0 Å². The molecular weight excluding hydrogens is 428 g/mol. The number of aryl methyl sites for hydroxylation is 4. The molecule has 4 rings (SSSR count). The quantitative estimate of drug-likeness (QED) is 0.258. The Labute approximate surface area is 210 Å². The Bertz CT molecular complexity index is 1280. The lowest BCUT2D eigenvalue weighted by Crippen LogP contribution is -2.18. The van der Waals surface area contributed by atoms with E-state index < -0.39 is 0 Å². The third-order valence-electron chi connectivity index (χ3n) is 6.94. The van der Waals surface area contributed by atoms with Crippen LogP contribution in [0.4, 0.5) is 0 Å². The molecule has 0 bridgehead atoms. The molecule has 180 valence electrons. The highest BCUT2D eigenvalue weighted by Gasteiger charge is 2.23. The van der Waals surface area contributed by atoms with Gasteiger partial charge in [0.2, 0.25) is 0 Å². The molecule has 0 spiro atoms. The van der Waals surface area contributed by atoms with E-state index in [1.54, 1.807) is 0 Å². The van der Waals surface area contributed by atoms with Gasteiger partial charge in [-0.05, 0) is 109 Å². The molecule has 0 saturated carbocycles. The zero-order valence-electron chi connectivity index (χ0n) is 21.8. The van der Waals surface area contributed by atoms with E-state index in [0.29, 0.717) is 0 Å². The molecule has 0 heterocycles. The molecule has 2 nitrogen and oxygen atoms in total. The van der Waals surface area contributed by atoms with E-state index in [1.165, 1.54) is 33.4 Å². The van der Waals surface area contributed by atoms with Crippen LogP contribution in [0, 0.1) is 20.8 Å². The summed E-state index contributed by atoms with van der Waals surface area (Å²) in [5.41, 5.74) is 7.51. The summed E-state index contributed by atoms with van der Waals surface area (Å²) in [5.74, 6) is 3.46. The Morgan fingerprint density at radius 3 is 1.49 bits per heavy atom. The van der Waals surface area contributed by atoms with Crippen molar-refractivity contribution in [2.45, 2.75) is 59.8 Å². The monoisotopic (exact) mass is 464 g/mol. The molecule has 0 amide bonds. The Morgan fingerprint density at radius 2 is 1.00 bits per heavy atom. The lowest BCUT2D eigenvalue weighted by molar-refractivity contribution is 0.480. The first-order chi connectivity index (χ1) is 16.8. The third-order valence-corrected chi connectivity index (χ3v) is 6.94. The molecule has 0 aliphatic rings.